The quantitative estimate of drug-likeness (QED) is 0.615. The monoisotopic (exact) mass is 249 g/mol. The van der Waals surface area contributed by atoms with Crippen LogP contribution in [0.25, 0.3) is 11.3 Å². The highest BCUT2D eigenvalue weighted by molar-refractivity contribution is 5.73. The predicted octanol–water partition coefficient (Wildman–Crippen LogP) is 2.87. The second-order valence-electron chi connectivity index (χ2n) is 3.46. The lowest BCUT2D eigenvalue weighted by Crippen LogP contribution is -1.96. The lowest BCUT2D eigenvalue weighted by molar-refractivity contribution is -0.384. The Morgan fingerprint density at radius 2 is 1.89 bits per heavy atom. The number of rotatable bonds is 4. The molecule has 0 bridgehead atoms. The Morgan fingerprint density at radius 1 is 1.22 bits per heavy atom. The zero-order valence-electron chi connectivity index (χ0n) is 9.88. The van der Waals surface area contributed by atoms with Gasteiger partial charge in [-0.25, -0.2) is 0 Å². The van der Waals surface area contributed by atoms with Gasteiger partial charge in [-0.2, -0.15) is 0 Å². The lowest BCUT2D eigenvalue weighted by atomic mass is 10.1. The molecule has 6 heteroatoms. The molecule has 1 aromatic heterocycles. The molecule has 0 radical (unpaired) electrons. The van der Waals surface area contributed by atoms with Gasteiger partial charge in [0.2, 0.25) is 0 Å². The molecular formula is C12H11NO5. The number of nitro benzene ring substituents is 1. The number of nitrogens with zero attached hydrogens (tertiary/aromatic N) is 1. The van der Waals surface area contributed by atoms with Crippen molar-refractivity contribution in [3.05, 3.63) is 40.6 Å². The number of hydrogen-bond donors (Lipinski definition) is 0. The first kappa shape index (κ1) is 12.0. The minimum atomic E-state index is -0.486. The predicted molar refractivity (Wildman–Crippen MR) is 63.9 cm³/mol. The van der Waals surface area contributed by atoms with Crippen LogP contribution in [-0.2, 0) is 0 Å². The Balaban J connectivity index is 2.66. The Morgan fingerprint density at radius 3 is 2.39 bits per heavy atom. The van der Waals surface area contributed by atoms with E-state index in [0.29, 0.717) is 22.8 Å². The van der Waals surface area contributed by atoms with Gasteiger partial charge < -0.3 is 13.9 Å². The number of furan rings is 1. The first-order chi connectivity index (χ1) is 8.67. The molecule has 0 atom stereocenters. The van der Waals surface area contributed by atoms with Crippen molar-refractivity contribution in [3.8, 4) is 22.8 Å². The van der Waals surface area contributed by atoms with Crippen LogP contribution in [0.3, 0.4) is 0 Å². The molecule has 94 valence electrons. The molecule has 0 aliphatic heterocycles. The molecule has 6 nitrogen and oxygen atoms in total. The molecule has 2 aromatic rings. The number of benzene rings is 1. The van der Waals surface area contributed by atoms with Crippen LogP contribution in [0.1, 0.15) is 0 Å². The summed E-state index contributed by atoms with van der Waals surface area (Å²) in [5.74, 6) is 1.12. The van der Waals surface area contributed by atoms with Crippen molar-refractivity contribution in [1.82, 2.24) is 0 Å². The van der Waals surface area contributed by atoms with E-state index in [0.717, 1.165) is 0 Å². The molecule has 0 saturated heterocycles. The molecular weight excluding hydrogens is 238 g/mol. The molecule has 0 fully saturated rings. The molecule has 0 amide bonds. The number of ether oxygens (including phenoxy) is 2. The van der Waals surface area contributed by atoms with Gasteiger partial charge in [0.05, 0.1) is 37.0 Å². The van der Waals surface area contributed by atoms with E-state index in [-0.39, 0.29) is 5.69 Å². The van der Waals surface area contributed by atoms with Gasteiger partial charge in [-0.3, -0.25) is 10.1 Å². The van der Waals surface area contributed by atoms with Crippen molar-refractivity contribution >= 4 is 5.69 Å². The van der Waals surface area contributed by atoms with Crippen molar-refractivity contribution in [2.75, 3.05) is 14.2 Å². The average molecular weight is 249 g/mol. The van der Waals surface area contributed by atoms with Crippen molar-refractivity contribution in [1.29, 1.82) is 0 Å². The molecule has 1 heterocycles. The number of nitro groups is 1. The minimum Gasteiger partial charge on any atom is -0.493 e. The standard InChI is InChI=1S/C12H11NO5/c1-16-11-6-8(10-4-3-5-18-10)9(13(14)15)7-12(11)17-2/h3-7H,1-2H3. The molecule has 0 unspecified atom stereocenters. The van der Waals surface area contributed by atoms with Gasteiger partial charge in [-0.1, -0.05) is 0 Å². The maximum Gasteiger partial charge on any atom is 0.284 e. The Hall–Kier alpha value is -2.50. The first-order valence-corrected chi connectivity index (χ1v) is 5.11. The molecule has 18 heavy (non-hydrogen) atoms. The summed E-state index contributed by atoms with van der Waals surface area (Å²) in [5.41, 5.74) is 0.255. The maximum atomic E-state index is 11.1. The summed E-state index contributed by atoms with van der Waals surface area (Å²) in [6.45, 7) is 0. The van der Waals surface area contributed by atoms with Crippen LogP contribution in [0.2, 0.25) is 0 Å². The van der Waals surface area contributed by atoms with Crippen LogP contribution in [0.5, 0.6) is 11.5 Å². The normalized spacial score (nSPS) is 10.1. The zero-order valence-corrected chi connectivity index (χ0v) is 9.88. The molecule has 0 saturated carbocycles. The van der Waals surface area contributed by atoms with Crippen molar-refractivity contribution in [2.45, 2.75) is 0 Å². The van der Waals surface area contributed by atoms with E-state index in [1.54, 1.807) is 12.1 Å². The fraction of sp³-hybridized carbons (Fsp3) is 0.167. The van der Waals surface area contributed by atoms with Gasteiger partial charge in [-0.05, 0) is 12.1 Å². The highest BCUT2D eigenvalue weighted by atomic mass is 16.6. The minimum absolute atomic E-state index is 0.0948. The second-order valence-corrected chi connectivity index (χ2v) is 3.46. The fourth-order valence-corrected chi connectivity index (χ4v) is 1.65. The molecule has 1 aromatic carbocycles. The van der Waals surface area contributed by atoms with E-state index in [1.165, 1.54) is 32.6 Å². The van der Waals surface area contributed by atoms with Crippen LogP contribution in [-0.4, -0.2) is 19.1 Å². The second kappa shape index (κ2) is 4.79. The Kier molecular flexibility index (Phi) is 3.18. The summed E-state index contributed by atoms with van der Waals surface area (Å²) in [7, 11) is 2.89. The Bertz CT molecular complexity index is 562. The summed E-state index contributed by atoms with van der Waals surface area (Å²) in [6, 6.07) is 6.15. The van der Waals surface area contributed by atoms with Crippen LogP contribution < -0.4 is 9.47 Å². The topological polar surface area (TPSA) is 74.7 Å². The van der Waals surface area contributed by atoms with E-state index in [2.05, 4.69) is 0 Å². The van der Waals surface area contributed by atoms with Gasteiger partial charge in [0.25, 0.3) is 5.69 Å². The van der Waals surface area contributed by atoms with E-state index < -0.39 is 4.92 Å². The smallest absolute Gasteiger partial charge is 0.284 e. The van der Waals surface area contributed by atoms with Crippen LogP contribution in [0, 0.1) is 10.1 Å². The van der Waals surface area contributed by atoms with Gasteiger partial charge in [0.1, 0.15) is 5.76 Å². The summed E-state index contributed by atoms with van der Waals surface area (Å²) >= 11 is 0. The summed E-state index contributed by atoms with van der Waals surface area (Å²) in [4.78, 5) is 10.6. The molecule has 0 spiro atoms. The SMILES string of the molecule is COc1cc(-c2ccco2)c([N+](=O)[O-])cc1OC. The van der Waals surface area contributed by atoms with Gasteiger partial charge in [0, 0.05) is 6.07 Å². The number of hydrogen-bond acceptors (Lipinski definition) is 5. The van der Waals surface area contributed by atoms with E-state index in [4.69, 9.17) is 13.9 Å². The lowest BCUT2D eigenvalue weighted by Gasteiger charge is -2.09. The van der Waals surface area contributed by atoms with E-state index in [9.17, 15) is 10.1 Å². The van der Waals surface area contributed by atoms with Crippen LogP contribution >= 0.6 is 0 Å². The van der Waals surface area contributed by atoms with Gasteiger partial charge in [-0.15, -0.1) is 0 Å². The largest absolute Gasteiger partial charge is 0.493 e. The summed E-state index contributed by atoms with van der Waals surface area (Å²) < 4.78 is 15.3. The number of methoxy groups -OCH3 is 2. The van der Waals surface area contributed by atoms with Crippen LogP contribution in [0.4, 0.5) is 5.69 Å². The van der Waals surface area contributed by atoms with Crippen molar-refractivity contribution in [3.63, 3.8) is 0 Å². The van der Waals surface area contributed by atoms with E-state index in [1.807, 2.05) is 0 Å². The third-order valence-electron chi connectivity index (χ3n) is 2.49. The Labute approximate surface area is 103 Å². The van der Waals surface area contributed by atoms with Crippen LogP contribution in [0.15, 0.2) is 34.9 Å². The third-order valence-corrected chi connectivity index (χ3v) is 2.49. The van der Waals surface area contributed by atoms with Crippen molar-refractivity contribution in [2.24, 2.45) is 0 Å². The average Bonchev–Trinajstić information content (AvgIpc) is 2.90. The van der Waals surface area contributed by atoms with Gasteiger partial charge in [0.15, 0.2) is 11.5 Å². The first-order valence-electron chi connectivity index (χ1n) is 5.11. The summed E-state index contributed by atoms with van der Waals surface area (Å²) in [6.07, 6.45) is 1.45. The highest BCUT2D eigenvalue weighted by Gasteiger charge is 2.22. The van der Waals surface area contributed by atoms with Crippen molar-refractivity contribution < 1.29 is 18.8 Å². The fourth-order valence-electron chi connectivity index (χ4n) is 1.65. The third kappa shape index (κ3) is 2.00. The van der Waals surface area contributed by atoms with E-state index >= 15 is 0 Å². The molecule has 0 aliphatic rings. The maximum absolute atomic E-state index is 11.1. The zero-order chi connectivity index (χ0) is 13.1. The molecule has 2 rings (SSSR count). The molecule has 0 aliphatic carbocycles. The van der Waals surface area contributed by atoms with Gasteiger partial charge >= 0.3 is 0 Å². The summed E-state index contributed by atoms with van der Waals surface area (Å²) in [5, 5.41) is 11.1. The molecule has 0 N–H and O–H groups in total. The highest BCUT2D eigenvalue weighted by Crippen LogP contribution is 2.39.